The van der Waals surface area contributed by atoms with Gasteiger partial charge in [0.25, 0.3) is 0 Å². The summed E-state index contributed by atoms with van der Waals surface area (Å²) in [4.78, 5) is 0. The summed E-state index contributed by atoms with van der Waals surface area (Å²) in [5, 5.41) is 4.42. The Labute approximate surface area is 103 Å². The van der Waals surface area contributed by atoms with Gasteiger partial charge in [-0.1, -0.05) is 23.8 Å². The van der Waals surface area contributed by atoms with Crippen molar-refractivity contribution in [1.82, 2.24) is 9.78 Å². The number of nitrogen functional groups attached to an aromatic ring is 1. The van der Waals surface area contributed by atoms with Gasteiger partial charge in [0.2, 0.25) is 0 Å². The van der Waals surface area contributed by atoms with Crippen molar-refractivity contribution in [3.05, 3.63) is 33.8 Å². The first kappa shape index (κ1) is 11.2. The Morgan fingerprint density at radius 2 is 2.00 bits per heavy atom. The summed E-state index contributed by atoms with van der Waals surface area (Å²) in [6.07, 6.45) is 0. The Bertz CT molecular complexity index is 543. The topological polar surface area (TPSA) is 43.8 Å². The van der Waals surface area contributed by atoms with Gasteiger partial charge in [-0.25, -0.2) is 0 Å². The van der Waals surface area contributed by atoms with Crippen LogP contribution in [-0.4, -0.2) is 9.78 Å². The molecule has 2 N–H and O–H groups in total. The van der Waals surface area contributed by atoms with E-state index in [0.29, 0.717) is 5.82 Å². The Hall–Kier alpha value is -1.29. The molecule has 0 atom stereocenters. The van der Waals surface area contributed by atoms with Crippen molar-refractivity contribution in [1.29, 1.82) is 0 Å². The Morgan fingerprint density at radius 3 is 2.50 bits per heavy atom. The zero-order valence-corrected chi connectivity index (χ0v) is 11.2. The normalized spacial score (nSPS) is 10.8. The van der Waals surface area contributed by atoms with E-state index in [1.54, 1.807) is 4.68 Å². The quantitative estimate of drug-likeness (QED) is 0.872. The molecule has 0 saturated carbocycles. The van der Waals surface area contributed by atoms with E-state index in [1.807, 2.05) is 7.05 Å². The summed E-state index contributed by atoms with van der Waals surface area (Å²) in [6, 6.07) is 6.31. The third-order valence-corrected chi connectivity index (χ3v) is 3.45. The van der Waals surface area contributed by atoms with E-state index in [-0.39, 0.29) is 0 Å². The molecule has 1 aromatic heterocycles. The second-order valence-electron chi connectivity index (χ2n) is 3.99. The molecule has 2 aromatic rings. The first-order valence-corrected chi connectivity index (χ1v) is 5.85. The van der Waals surface area contributed by atoms with Gasteiger partial charge >= 0.3 is 0 Å². The molecular weight excluding hydrogens is 266 g/mol. The second-order valence-corrected chi connectivity index (χ2v) is 4.78. The molecule has 0 spiro atoms. The molecule has 3 nitrogen and oxygen atoms in total. The summed E-state index contributed by atoms with van der Waals surface area (Å²) < 4.78 is 2.54. The van der Waals surface area contributed by atoms with Crippen LogP contribution < -0.4 is 5.73 Å². The summed E-state index contributed by atoms with van der Waals surface area (Å²) >= 11 is 3.48. The van der Waals surface area contributed by atoms with Crippen molar-refractivity contribution < 1.29 is 0 Å². The van der Waals surface area contributed by atoms with Crippen LogP contribution in [0.5, 0.6) is 0 Å². The van der Waals surface area contributed by atoms with Crippen LogP contribution in [0.3, 0.4) is 0 Å². The molecule has 0 aliphatic heterocycles. The predicted octanol–water partition coefficient (Wildman–Crippen LogP) is 3.05. The van der Waals surface area contributed by atoms with Gasteiger partial charge in [0, 0.05) is 12.6 Å². The minimum absolute atomic E-state index is 0.648. The van der Waals surface area contributed by atoms with E-state index in [9.17, 15) is 0 Å². The zero-order chi connectivity index (χ0) is 11.9. The van der Waals surface area contributed by atoms with Gasteiger partial charge < -0.3 is 5.73 Å². The number of aryl methyl sites for hydroxylation is 3. The van der Waals surface area contributed by atoms with E-state index < -0.39 is 0 Å². The van der Waals surface area contributed by atoms with Crippen LogP contribution >= 0.6 is 15.9 Å². The van der Waals surface area contributed by atoms with Gasteiger partial charge in [0.1, 0.15) is 11.5 Å². The maximum atomic E-state index is 5.87. The van der Waals surface area contributed by atoms with E-state index in [2.05, 4.69) is 53.1 Å². The number of hydrogen-bond donors (Lipinski definition) is 1. The number of benzene rings is 1. The van der Waals surface area contributed by atoms with Gasteiger partial charge in [-0.3, -0.25) is 4.68 Å². The summed E-state index contributed by atoms with van der Waals surface area (Å²) in [5.74, 6) is 0.648. The van der Waals surface area contributed by atoms with E-state index in [1.165, 1.54) is 11.1 Å². The van der Waals surface area contributed by atoms with E-state index in [4.69, 9.17) is 5.73 Å². The van der Waals surface area contributed by atoms with E-state index in [0.717, 1.165) is 15.7 Å². The monoisotopic (exact) mass is 279 g/mol. The number of halogens is 1. The highest BCUT2D eigenvalue weighted by Gasteiger charge is 2.14. The molecule has 0 unspecified atom stereocenters. The van der Waals surface area contributed by atoms with Crippen LogP contribution in [0.15, 0.2) is 22.7 Å². The highest BCUT2D eigenvalue weighted by molar-refractivity contribution is 9.10. The maximum Gasteiger partial charge on any atom is 0.136 e. The van der Waals surface area contributed by atoms with Gasteiger partial charge in [-0.2, -0.15) is 5.10 Å². The standard InChI is InChI=1S/C12H14BrN3/c1-7-4-5-9(8(2)6-7)11-10(13)12(14)16(3)15-11/h4-6H,14H2,1-3H3. The largest absolute Gasteiger partial charge is 0.383 e. The fraction of sp³-hybridized carbons (Fsp3) is 0.250. The van der Waals surface area contributed by atoms with Crippen molar-refractivity contribution in [2.24, 2.45) is 7.05 Å². The molecule has 0 saturated heterocycles. The van der Waals surface area contributed by atoms with Crippen LogP contribution in [-0.2, 0) is 7.05 Å². The molecule has 0 bridgehead atoms. The Balaban J connectivity index is 2.63. The number of anilines is 1. The average Bonchev–Trinajstić information content (AvgIpc) is 2.46. The molecule has 0 aliphatic rings. The molecule has 0 fully saturated rings. The molecule has 1 aromatic carbocycles. The molecular formula is C12H14BrN3. The third-order valence-electron chi connectivity index (χ3n) is 2.67. The molecule has 16 heavy (non-hydrogen) atoms. The van der Waals surface area contributed by atoms with Gasteiger partial charge in [0.15, 0.2) is 0 Å². The van der Waals surface area contributed by atoms with Crippen LogP contribution in [0, 0.1) is 13.8 Å². The third kappa shape index (κ3) is 1.73. The lowest BCUT2D eigenvalue weighted by Crippen LogP contribution is -1.97. The number of rotatable bonds is 1. The lowest BCUT2D eigenvalue weighted by molar-refractivity contribution is 0.782. The molecule has 0 aliphatic carbocycles. The van der Waals surface area contributed by atoms with Crippen LogP contribution in [0.1, 0.15) is 11.1 Å². The van der Waals surface area contributed by atoms with Crippen molar-refractivity contribution in [2.45, 2.75) is 13.8 Å². The molecule has 0 radical (unpaired) electrons. The first-order chi connectivity index (χ1) is 7.50. The van der Waals surface area contributed by atoms with Gasteiger partial charge in [-0.15, -0.1) is 0 Å². The van der Waals surface area contributed by atoms with Crippen LogP contribution in [0.4, 0.5) is 5.82 Å². The Kier molecular flexibility index (Phi) is 2.76. The summed E-state index contributed by atoms with van der Waals surface area (Å²) in [5.41, 5.74) is 10.3. The first-order valence-electron chi connectivity index (χ1n) is 5.06. The predicted molar refractivity (Wildman–Crippen MR) is 70.2 cm³/mol. The fourth-order valence-electron chi connectivity index (χ4n) is 1.76. The number of nitrogens with zero attached hydrogens (tertiary/aromatic N) is 2. The summed E-state index contributed by atoms with van der Waals surface area (Å²) in [6.45, 7) is 4.16. The minimum Gasteiger partial charge on any atom is -0.383 e. The van der Waals surface area contributed by atoms with Crippen molar-refractivity contribution in [3.8, 4) is 11.3 Å². The van der Waals surface area contributed by atoms with Gasteiger partial charge in [0.05, 0.1) is 4.47 Å². The lowest BCUT2D eigenvalue weighted by atomic mass is 10.0. The number of hydrogen-bond acceptors (Lipinski definition) is 2. The highest BCUT2D eigenvalue weighted by Crippen LogP contribution is 2.33. The van der Waals surface area contributed by atoms with E-state index >= 15 is 0 Å². The SMILES string of the molecule is Cc1ccc(-c2nn(C)c(N)c2Br)c(C)c1. The Morgan fingerprint density at radius 1 is 1.31 bits per heavy atom. The van der Waals surface area contributed by atoms with Crippen LogP contribution in [0.25, 0.3) is 11.3 Å². The van der Waals surface area contributed by atoms with Crippen molar-refractivity contribution >= 4 is 21.7 Å². The molecule has 2 rings (SSSR count). The molecule has 84 valence electrons. The lowest BCUT2D eigenvalue weighted by Gasteiger charge is -2.04. The van der Waals surface area contributed by atoms with Crippen molar-refractivity contribution in [3.63, 3.8) is 0 Å². The van der Waals surface area contributed by atoms with Crippen molar-refractivity contribution in [2.75, 3.05) is 5.73 Å². The smallest absolute Gasteiger partial charge is 0.136 e. The number of nitrogens with two attached hydrogens (primary N) is 1. The maximum absolute atomic E-state index is 5.87. The highest BCUT2D eigenvalue weighted by atomic mass is 79.9. The second kappa shape index (κ2) is 3.94. The average molecular weight is 280 g/mol. The summed E-state index contributed by atoms with van der Waals surface area (Å²) in [7, 11) is 1.84. The van der Waals surface area contributed by atoms with Crippen LogP contribution in [0.2, 0.25) is 0 Å². The minimum atomic E-state index is 0.648. The zero-order valence-electron chi connectivity index (χ0n) is 9.58. The molecule has 1 heterocycles. The molecule has 0 amide bonds. The molecule has 4 heteroatoms. The fourth-order valence-corrected chi connectivity index (χ4v) is 2.31. The van der Waals surface area contributed by atoms with Gasteiger partial charge in [-0.05, 0) is 35.3 Å². The number of aromatic nitrogens is 2.